The van der Waals surface area contributed by atoms with Crippen molar-refractivity contribution in [2.45, 2.75) is 32.0 Å². The molecular weight excluding hydrogens is 322 g/mol. The fraction of sp³-hybridized carbons (Fsp3) is 0.474. The molecule has 4 nitrogen and oxygen atoms in total. The number of hydrogen-bond donors (Lipinski definition) is 0. The minimum absolute atomic E-state index is 0.334. The lowest BCUT2D eigenvalue weighted by atomic mass is 10.1. The summed E-state index contributed by atoms with van der Waals surface area (Å²) in [4.78, 5) is 2.44. The van der Waals surface area contributed by atoms with Crippen molar-refractivity contribution >= 4 is 11.3 Å². The van der Waals surface area contributed by atoms with Crippen molar-refractivity contribution in [3.05, 3.63) is 46.2 Å². The SMILES string of the molecule is COc1cccc(CN(Cc2ccsc2)CC2CCCO2)c1OC. The van der Waals surface area contributed by atoms with Gasteiger partial charge in [-0.25, -0.2) is 0 Å². The predicted molar refractivity (Wildman–Crippen MR) is 97.0 cm³/mol. The van der Waals surface area contributed by atoms with Gasteiger partial charge in [-0.1, -0.05) is 12.1 Å². The molecule has 1 aliphatic rings. The molecule has 0 radical (unpaired) electrons. The molecule has 1 aliphatic heterocycles. The Morgan fingerprint density at radius 2 is 2.12 bits per heavy atom. The molecule has 0 N–H and O–H groups in total. The summed E-state index contributed by atoms with van der Waals surface area (Å²) >= 11 is 1.74. The maximum atomic E-state index is 5.85. The Morgan fingerprint density at radius 3 is 2.79 bits per heavy atom. The van der Waals surface area contributed by atoms with Gasteiger partial charge in [-0.05, 0) is 41.3 Å². The second kappa shape index (κ2) is 8.51. The van der Waals surface area contributed by atoms with E-state index in [2.05, 4.69) is 27.8 Å². The number of hydrogen-bond acceptors (Lipinski definition) is 5. The highest BCUT2D eigenvalue weighted by molar-refractivity contribution is 7.07. The average molecular weight is 347 g/mol. The molecule has 0 saturated carbocycles. The van der Waals surface area contributed by atoms with Gasteiger partial charge in [-0.3, -0.25) is 4.90 Å². The Hall–Kier alpha value is -1.56. The first-order valence-electron chi connectivity index (χ1n) is 8.35. The minimum Gasteiger partial charge on any atom is -0.493 e. The van der Waals surface area contributed by atoms with Crippen LogP contribution in [0.15, 0.2) is 35.0 Å². The van der Waals surface area contributed by atoms with Gasteiger partial charge in [-0.15, -0.1) is 0 Å². The fourth-order valence-corrected chi connectivity index (χ4v) is 3.88. The van der Waals surface area contributed by atoms with E-state index >= 15 is 0 Å². The maximum Gasteiger partial charge on any atom is 0.165 e. The lowest BCUT2D eigenvalue weighted by Gasteiger charge is -2.26. The van der Waals surface area contributed by atoms with Gasteiger partial charge >= 0.3 is 0 Å². The van der Waals surface area contributed by atoms with Gasteiger partial charge in [-0.2, -0.15) is 11.3 Å². The standard InChI is InChI=1S/C19H25NO3S/c1-21-18-7-3-5-16(19(18)22-2)12-20(11-15-8-10-24-14-15)13-17-6-4-9-23-17/h3,5,7-8,10,14,17H,4,6,9,11-13H2,1-2H3. The third kappa shape index (κ3) is 4.29. The van der Waals surface area contributed by atoms with Crippen LogP contribution in [0.1, 0.15) is 24.0 Å². The van der Waals surface area contributed by atoms with Crippen LogP contribution in [0.25, 0.3) is 0 Å². The molecular formula is C19H25NO3S. The smallest absolute Gasteiger partial charge is 0.165 e. The summed E-state index contributed by atoms with van der Waals surface area (Å²) in [7, 11) is 3.38. The molecule has 2 aromatic rings. The molecule has 0 aliphatic carbocycles. The van der Waals surface area contributed by atoms with Crippen molar-refractivity contribution < 1.29 is 14.2 Å². The third-order valence-electron chi connectivity index (χ3n) is 4.35. The van der Waals surface area contributed by atoms with E-state index in [-0.39, 0.29) is 0 Å². The lowest BCUT2D eigenvalue weighted by Crippen LogP contribution is -2.31. The van der Waals surface area contributed by atoms with Crippen LogP contribution >= 0.6 is 11.3 Å². The molecule has 1 aromatic carbocycles. The van der Waals surface area contributed by atoms with E-state index in [0.29, 0.717) is 6.10 Å². The lowest BCUT2D eigenvalue weighted by molar-refractivity contribution is 0.0676. The zero-order chi connectivity index (χ0) is 16.8. The summed E-state index contributed by atoms with van der Waals surface area (Å²) in [5.41, 5.74) is 2.49. The van der Waals surface area contributed by atoms with Gasteiger partial charge in [0, 0.05) is 31.8 Å². The molecule has 1 unspecified atom stereocenters. The first kappa shape index (κ1) is 17.3. The molecule has 5 heteroatoms. The van der Waals surface area contributed by atoms with E-state index in [0.717, 1.165) is 49.7 Å². The molecule has 1 saturated heterocycles. The highest BCUT2D eigenvalue weighted by Crippen LogP contribution is 2.32. The van der Waals surface area contributed by atoms with E-state index in [4.69, 9.17) is 14.2 Å². The van der Waals surface area contributed by atoms with Crippen LogP contribution in [0.3, 0.4) is 0 Å². The molecule has 2 heterocycles. The highest BCUT2D eigenvalue weighted by atomic mass is 32.1. The zero-order valence-corrected chi connectivity index (χ0v) is 15.2. The van der Waals surface area contributed by atoms with Crippen LogP contribution in [-0.4, -0.2) is 38.4 Å². The molecule has 130 valence electrons. The highest BCUT2D eigenvalue weighted by Gasteiger charge is 2.21. The Kier molecular flexibility index (Phi) is 6.12. The molecule has 24 heavy (non-hydrogen) atoms. The van der Waals surface area contributed by atoms with Gasteiger partial charge < -0.3 is 14.2 Å². The summed E-state index contributed by atoms with van der Waals surface area (Å²) in [6.45, 7) is 3.56. The number of nitrogens with zero attached hydrogens (tertiary/aromatic N) is 1. The van der Waals surface area contributed by atoms with E-state index in [1.165, 1.54) is 12.0 Å². The van der Waals surface area contributed by atoms with Gasteiger partial charge in [0.05, 0.1) is 20.3 Å². The van der Waals surface area contributed by atoms with Crippen LogP contribution in [0, 0.1) is 0 Å². The van der Waals surface area contributed by atoms with Crippen LogP contribution in [0.4, 0.5) is 0 Å². The second-order valence-electron chi connectivity index (χ2n) is 6.09. The Bertz CT molecular complexity index is 624. The molecule has 0 spiro atoms. The molecule has 0 bridgehead atoms. The second-order valence-corrected chi connectivity index (χ2v) is 6.87. The summed E-state index contributed by atoms with van der Waals surface area (Å²) in [6, 6.07) is 8.25. The van der Waals surface area contributed by atoms with Crippen LogP contribution < -0.4 is 9.47 Å². The Morgan fingerprint density at radius 1 is 1.21 bits per heavy atom. The van der Waals surface area contributed by atoms with Gasteiger partial charge in [0.15, 0.2) is 11.5 Å². The first-order valence-corrected chi connectivity index (χ1v) is 9.29. The number of thiophene rings is 1. The van der Waals surface area contributed by atoms with Crippen LogP contribution in [0.2, 0.25) is 0 Å². The van der Waals surface area contributed by atoms with E-state index < -0.39 is 0 Å². The van der Waals surface area contributed by atoms with Crippen molar-refractivity contribution in [3.8, 4) is 11.5 Å². The van der Waals surface area contributed by atoms with Crippen molar-refractivity contribution in [3.63, 3.8) is 0 Å². The zero-order valence-electron chi connectivity index (χ0n) is 14.4. The fourth-order valence-electron chi connectivity index (χ4n) is 3.22. The molecule has 3 rings (SSSR count). The van der Waals surface area contributed by atoms with Crippen molar-refractivity contribution in [2.24, 2.45) is 0 Å². The third-order valence-corrected chi connectivity index (χ3v) is 5.08. The number of rotatable bonds is 8. The monoisotopic (exact) mass is 347 g/mol. The minimum atomic E-state index is 0.334. The largest absolute Gasteiger partial charge is 0.493 e. The van der Waals surface area contributed by atoms with Crippen molar-refractivity contribution in [1.29, 1.82) is 0 Å². The van der Waals surface area contributed by atoms with Crippen LogP contribution in [0.5, 0.6) is 11.5 Å². The molecule has 1 atom stereocenters. The van der Waals surface area contributed by atoms with E-state index in [9.17, 15) is 0 Å². The molecule has 1 aromatic heterocycles. The molecule has 1 fully saturated rings. The first-order chi connectivity index (χ1) is 11.8. The maximum absolute atomic E-state index is 5.85. The summed E-state index contributed by atoms with van der Waals surface area (Å²) in [5, 5.41) is 4.34. The average Bonchev–Trinajstić information content (AvgIpc) is 3.28. The normalized spacial score (nSPS) is 17.4. The van der Waals surface area contributed by atoms with Crippen LogP contribution in [-0.2, 0) is 17.8 Å². The van der Waals surface area contributed by atoms with Gasteiger partial charge in [0.1, 0.15) is 0 Å². The predicted octanol–water partition coefficient (Wildman–Crippen LogP) is 3.95. The number of benzene rings is 1. The van der Waals surface area contributed by atoms with E-state index in [1.54, 1.807) is 25.6 Å². The van der Waals surface area contributed by atoms with E-state index in [1.807, 2.05) is 12.1 Å². The molecule has 0 amide bonds. The number of para-hydroxylation sites is 1. The summed E-state index contributed by atoms with van der Waals surface area (Å²) in [5.74, 6) is 1.60. The number of methoxy groups -OCH3 is 2. The Labute approximate surface area is 148 Å². The summed E-state index contributed by atoms with van der Waals surface area (Å²) in [6.07, 6.45) is 2.65. The number of ether oxygens (including phenoxy) is 3. The topological polar surface area (TPSA) is 30.9 Å². The van der Waals surface area contributed by atoms with Crippen molar-refractivity contribution in [1.82, 2.24) is 4.90 Å². The van der Waals surface area contributed by atoms with Gasteiger partial charge in [0.25, 0.3) is 0 Å². The summed E-state index contributed by atoms with van der Waals surface area (Å²) < 4.78 is 16.9. The van der Waals surface area contributed by atoms with Crippen molar-refractivity contribution in [2.75, 3.05) is 27.4 Å². The Balaban J connectivity index is 1.77. The van der Waals surface area contributed by atoms with Gasteiger partial charge in [0.2, 0.25) is 0 Å². The quantitative estimate of drug-likeness (QED) is 0.723.